The van der Waals surface area contributed by atoms with Crippen LogP contribution in [-0.4, -0.2) is 4.98 Å². The molecule has 0 N–H and O–H groups in total. The van der Waals surface area contributed by atoms with Gasteiger partial charge in [0.1, 0.15) is 0 Å². The van der Waals surface area contributed by atoms with Crippen LogP contribution < -0.4 is 0 Å². The van der Waals surface area contributed by atoms with E-state index in [1.165, 1.54) is 0 Å². The molecule has 0 aliphatic carbocycles. The van der Waals surface area contributed by atoms with Gasteiger partial charge in [0.15, 0.2) is 0 Å². The van der Waals surface area contributed by atoms with Gasteiger partial charge in [0, 0.05) is 12.4 Å². The summed E-state index contributed by atoms with van der Waals surface area (Å²) in [5.41, 5.74) is 0. The van der Waals surface area contributed by atoms with Crippen molar-refractivity contribution in [1.29, 1.82) is 0 Å². The van der Waals surface area contributed by atoms with Crippen molar-refractivity contribution in [2.75, 3.05) is 0 Å². The maximum atomic E-state index is 5.48. The number of aromatic nitrogens is 1. The fourth-order valence-corrected chi connectivity index (χ4v) is 0.471. The molecule has 1 aromatic heterocycles. The molecule has 53 valence electrons. The van der Waals surface area contributed by atoms with E-state index in [4.69, 9.17) is 11.6 Å². The van der Waals surface area contributed by atoms with Crippen LogP contribution in [0.5, 0.6) is 0 Å². The van der Waals surface area contributed by atoms with E-state index in [1.807, 2.05) is 0 Å². The number of hydrogen-bond donors (Lipinski definition) is 0. The average Bonchev–Trinajstić information content (AvgIpc) is 1.94. The van der Waals surface area contributed by atoms with Gasteiger partial charge in [-0.3, -0.25) is 4.98 Å². The second-order valence-corrected chi connectivity index (χ2v) is 1.61. The molecule has 0 aliphatic heterocycles. The van der Waals surface area contributed by atoms with Gasteiger partial charge in [-0.25, -0.2) is 0 Å². The van der Waals surface area contributed by atoms with Gasteiger partial charge < -0.3 is 0 Å². The first-order valence-electron chi connectivity index (χ1n) is 2.07. The van der Waals surface area contributed by atoms with Crippen LogP contribution in [-0.2, 0) is 18.2 Å². The van der Waals surface area contributed by atoms with E-state index in [2.05, 4.69) is 32.7 Å². The predicted molar refractivity (Wildman–Crippen MR) is 35.1 cm³/mol. The molecular formula is C5H4Cl2NPd. The van der Waals surface area contributed by atoms with E-state index in [1.54, 1.807) is 24.5 Å². The second-order valence-electron chi connectivity index (χ2n) is 1.17. The maximum absolute atomic E-state index is 5.48. The molecule has 4 heteroatoms. The zero-order chi connectivity index (χ0) is 7.11. The molecule has 9 heavy (non-hydrogen) atoms. The summed E-state index contributed by atoms with van der Waals surface area (Å²) in [6.07, 6.45) is 3.29. The van der Waals surface area contributed by atoms with Crippen LogP contribution in [0.25, 0.3) is 0 Å². The summed E-state index contributed by atoms with van der Waals surface area (Å²) >= 11 is 7.70. The number of hydrogen-bond acceptors (Lipinski definition) is 1. The Morgan fingerprint density at radius 3 is 2.33 bits per heavy atom. The van der Waals surface area contributed by atoms with E-state index >= 15 is 0 Å². The fourth-order valence-electron chi connectivity index (χ4n) is 0.342. The molecule has 0 fully saturated rings. The van der Waals surface area contributed by atoms with Gasteiger partial charge in [-0.15, -0.1) is 0 Å². The summed E-state index contributed by atoms with van der Waals surface area (Å²) in [5.74, 6) is 0. The number of rotatable bonds is 0. The average molecular weight is 255 g/mol. The first-order chi connectivity index (χ1) is 4.39. The SMILES string of the molecule is Clc1cccnc1.[Cl][Pd]. The normalized spacial score (nSPS) is 7.56. The molecular weight excluding hydrogens is 251 g/mol. The minimum atomic E-state index is 0.683. The Bertz CT molecular complexity index is 145. The van der Waals surface area contributed by atoms with E-state index in [-0.39, 0.29) is 0 Å². The molecule has 0 saturated heterocycles. The molecule has 0 saturated carbocycles. The molecule has 0 aliphatic rings. The van der Waals surface area contributed by atoms with Crippen molar-refractivity contribution in [2.24, 2.45) is 0 Å². The van der Waals surface area contributed by atoms with Crippen LogP contribution in [0.15, 0.2) is 24.5 Å². The Morgan fingerprint density at radius 2 is 2.11 bits per heavy atom. The second kappa shape index (κ2) is 6.51. The van der Waals surface area contributed by atoms with Crippen molar-refractivity contribution in [1.82, 2.24) is 4.98 Å². The van der Waals surface area contributed by atoms with Crippen LogP contribution in [0.2, 0.25) is 5.02 Å². The molecule has 0 spiro atoms. The molecule has 0 bridgehead atoms. The quantitative estimate of drug-likeness (QED) is 0.649. The Balaban J connectivity index is 0.000000291. The molecule has 1 nitrogen and oxygen atoms in total. The van der Waals surface area contributed by atoms with Crippen molar-refractivity contribution in [3.8, 4) is 0 Å². The monoisotopic (exact) mass is 254 g/mol. The number of pyridine rings is 1. The van der Waals surface area contributed by atoms with E-state index in [9.17, 15) is 0 Å². The summed E-state index contributed by atoms with van der Waals surface area (Å²) in [4.78, 5) is 3.75. The van der Waals surface area contributed by atoms with Gasteiger partial charge in [-0.05, 0) is 12.1 Å². The molecule has 0 amide bonds. The summed E-state index contributed by atoms with van der Waals surface area (Å²) < 4.78 is 0. The molecule has 0 radical (unpaired) electrons. The predicted octanol–water partition coefficient (Wildman–Crippen LogP) is 2.42. The van der Waals surface area contributed by atoms with E-state index < -0.39 is 0 Å². The van der Waals surface area contributed by atoms with Crippen LogP contribution in [0.3, 0.4) is 0 Å². The molecule has 1 heterocycles. The minimum absolute atomic E-state index is 0.683. The van der Waals surface area contributed by atoms with Crippen molar-refractivity contribution in [3.05, 3.63) is 29.5 Å². The van der Waals surface area contributed by atoms with Crippen LogP contribution in [0, 0.1) is 0 Å². The molecule has 0 aromatic carbocycles. The Hall–Kier alpha value is 0.392. The molecule has 0 atom stereocenters. The van der Waals surface area contributed by atoms with Crippen LogP contribution in [0.1, 0.15) is 0 Å². The van der Waals surface area contributed by atoms with Crippen molar-refractivity contribution in [3.63, 3.8) is 0 Å². The summed E-state index contributed by atoms with van der Waals surface area (Å²) in [5, 5.41) is 0.683. The van der Waals surface area contributed by atoms with Gasteiger partial charge in [0.05, 0.1) is 5.02 Å². The van der Waals surface area contributed by atoms with Crippen molar-refractivity contribution in [2.45, 2.75) is 0 Å². The molecule has 1 rings (SSSR count). The van der Waals surface area contributed by atoms with Crippen molar-refractivity contribution >= 4 is 21.1 Å². The van der Waals surface area contributed by atoms with Gasteiger partial charge in [0.25, 0.3) is 0 Å². The molecule has 1 aromatic rings. The van der Waals surface area contributed by atoms with E-state index in [0.29, 0.717) is 5.02 Å². The zero-order valence-corrected chi connectivity index (χ0v) is 7.40. The Labute approximate surface area is 73.8 Å². The van der Waals surface area contributed by atoms with Crippen molar-refractivity contribution < 1.29 is 18.2 Å². The topological polar surface area (TPSA) is 12.9 Å². The third kappa shape index (κ3) is 4.87. The number of nitrogens with zero attached hydrogens (tertiary/aromatic N) is 1. The van der Waals surface area contributed by atoms with Gasteiger partial charge >= 0.3 is 27.7 Å². The zero-order valence-electron chi connectivity index (χ0n) is 4.33. The van der Waals surface area contributed by atoms with Gasteiger partial charge in [0.2, 0.25) is 0 Å². The molecule has 0 unspecified atom stereocenters. The summed E-state index contributed by atoms with van der Waals surface area (Å²) in [6.45, 7) is 0. The van der Waals surface area contributed by atoms with Crippen LogP contribution >= 0.6 is 21.1 Å². The van der Waals surface area contributed by atoms with E-state index in [0.717, 1.165) is 0 Å². The van der Waals surface area contributed by atoms with Crippen LogP contribution in [0.4, 0.5) is 0 Å². The summed E-state index contributed by atoms with van der Waals surface area (Å²) in [7, 11) is 4.49. The number of halogens is 2. The summed E-state index contributed by atoms with van der Waals surface area (Å²) in [6, 6.07) is 3.58. The van der Waals surface area contributed by atoms with Gasteiger partial charge in [-0.1, -0.05) is 11.6 Å². The third-order valence-electron chi connectivity index (χ3n) is 0.625. The third-order valence-corrected chi connectivity index (χ3v) is 0.849. The fraction of sp³-hybridized carbons (Fsp3) is 0. The standard InChI is InChI=1S/C5H4ClN.ClH.Pd/c6-5-2-1-3-7-4-5;;/h1-4H;1H;/q;;+1/p-1. The van der Waals surface area contributed by atoms with Gasteiger partial charge in [-0.2, -0.15) is 0 Å². The first kappa shape index (κ1) is 9.39. The Kier molecular flexibility index (Phi) is 6.80. The Morgan fingerprint density at radius 1 is 1.44 bits per heavy atom. The first-order valence-corrected chi connectivity index (χ1v) is 4.45.